The third-order valence-corrected chi connectivity index (χ3v) is 0.695. The van der Waals surface area contributed by atoms with Gasteiger partial charge in [-0.1, -0.05) is 0 Å². The lowest BCUT2D eigenvalue weighted by atomic mass is 10.2. The van der Waals surface area contributed by atoms with Gasteiger partial charge in [-0.2, -0.15) is 0 Å². The van der Waals surface area contributed by atoms with Gasteiger partial charge in [0.05, 0.1) is 20.0 Å². The molecule has 1 N–H and O–H groups in total. The van der Waals surface area contributed by atoms with Crippen molar-refractivity contribution in [3.05, 3.63) is 0 Å². The van der Waals surface area contributed by atoms with E-state index >= 15 is 0 Å². The van der Waals surface area contributed by atoms with E-state index in [0.29, 0.717) is 0 Å². The smallest absolute Gasteiger partial charge is 0.0969 e. The average Bonchev–Trinajstić information content (AvgIpc) is 1.72. The second-order valence-electron chi connectivity index (χ2n) is 1.36. The summed E-state index contributed by atoms with van der Waals surface area (Å²) in [5.74, 6) is -0.792. The van der Waals surface area contributed by atoms with Crippen molar-refractivity contribution in [2.75, 3.05) is 20.0 Å². The van der Waals surface area contributed by atoms with E-state index < -0.39 is 25.9 Å². The van der Waals surface area contributed by atoms with Crippen LogP contribution in [0.15, 0.2) is 0 Å². The third kappa shape index (κ3) is 2.51. The minimum atomic E-state index is -0.792. The number of hydrogen-bond donors (Lipinski definition) is 1. The predicted octanol–water partition coefficient (Wildman–Crippen LogP) is 0.534. The summed E-state index contributed by atoms with van der Waals surface area (Å²) in [6.45, 7) is -1.94. The SMILES string of the molecule is OCC(CF)CF. The first-order valence-electron chi connectivity index (χ1n) is 2.08. The summed E-state index contributed by atoms with van der Waals surface area (Å²) < 4.78 is 22.5. The molecule has 0 amide bonds. The highest BCUT2D eigenvalue weighted by Crippen LogP contribution is 1.94. The summed E-state index contributed by atoms with van der Waals surface area (Å²) in [4.78, 5) is 0. The lowest BCUT2D eigenvalue weighted by Crippen LogP contribution is -2.09. The van der Waals surface area contributed by atoms with Crippen molar-refractivity contribution in [1.29, 1.82) is 0 Å². The highest BCUT2D eigenvalue weighted by Gasteiger charge is 2.03. The lowest BCUT2D eigenvalue weighted by Gasteiger charge is -1.99. The van der Waals surface area contributed by atoms with Crippen LogP contribution in [0.1, 0.15) is 0 Å². The first-order valence-corrected chi connectivity index (χ1v) is 2.08. The van der Waals surface area contributed by atoms with Crippen LogP contribution in [0.2, 0.25) is 0 Å². The summed E-state index contributed by atoms with van der Waals surface area (Å²) in [6, 6.07) is 0. The van der Waals surface area contributed by atoms with Crippen LogP contribution in [0.5, 0.6) is 0 Å². The summed E-state index contributed by atoms with van der Waals surface area (Å²) in [5.41, 5.74) is 0. The van der Waals surface area contributed by atoms with Gasteiger partial charge in [0.1, 0.15) is 0 Å². The van der Waals surface area contributed by atoms with Gasteiger partial charge in [-0.3, -0.25) is 8.78 Å². The van der Waals surface area contributed by atoms with Gasteiger partial charge in [0.25, 0.3) is 0 Å². The van der Waals surface area contributed by atoms with Crippen LogP contribution in [0.3, 0.4) is 0 Å². The Balaban J connectivity index is 2.99. The molecule has 0 unspecified atom stereocenters. The Kier molecular flexibility index (Phi) is 3.89. The standard InChI is InChI=1S/C4H8F2O/c5-1-4(2-6)3-7/h4,7H,1-3H2. The first-order chi connectivity index (χ1) is 3.35. The lowest BCUT2D eigenvalue weighted by molar-refractivity contribution is 0.170. The predicted molar refractivity (Wildman–Crippen MR) is 22.5 cm³/mol. The van der Waals surface area contributed by atoms with Crippen molar-refractivity contribution in [3.8, 4) is 0 Å². The van der Waals surface area contributed by atoms with Gasteiger partial charge < -0.3 is 5.11 Å². The highest BCUT2D eigenvalue weighted by molar-refractivity contribution is 4.50. The Labute approximate surface area is 41.0 Å². The fourth-order valence-electron chi connectivity index (χ4n) is 0.139. The van der Waals surface area contributed by atoms with Crippen molar-refractivity contribution < 1.29 is 13.9 Å². The van der Waals surface area contributed by atoms with E-state index in [9.17, 15) is 8.78 Å². The number of aliphatic hydroxyl groups is 1. The summed E-state index contributed by atoms with van der Waals surface area (Å²) in [7, 11) is 0. The molecule has 0 aromatic carbocycles. The van der Waals surface area contributed by atoms with Crippen LogP contribution in [0, 0.1) is 5.92 Å². The van der Waals surface area contributed by atoms with E-state index in [-0.39, 0.29) is 0 Å². The van der Waals surface area contributed by atoms with Crippen LogP contribution in [-0.4, -0.2) is 25.1 Å². The number of alkyl halides is 2. The Hall–Kier alpha value is -0.180. The molecule has 0 saturated heterocycles. The molecule has 0 atom stereocenters. The fourth-order valence-corrected chi connectivity index (χ4v) is 0.139. The van der Waals surface area contributed by atoms with E-state index in [4.69, 9.17) is 5.11 Å². The molecule has 0 aliphatic carbocycles. The fraction of sp³-hybridized carbons (Fsp3) is 1.00. The zero-order valence-corrected chi connectivity index (χ0v) is 3.90. The molecular formula is C4H8F2O. The van der Waals surface area contributed by atoms with Gasteiger partial charge in [0, 0.05) is 5.92 Å². The monoisotopic (exact) mass is 110 g/mol. The molecule has 0 radical (unpaired) electrons. The van der Waals surface area contributed by atoms with Crippen LogP contribution < -0.4 is 0 Å². The quantitative estimate of drug-likeness (QED) is 0.562. The Morgan fingerprint density at radius 3 is 1.71 bits per heavy atom. The topological polar surface area (TPSA) is 20.2 Å². The first kappa shape index (κ1) is 6.82. The maximum absolute atomic E-state index is 11.3. The number of aliphatic hydroxyl groups excluding tert-OH is 1. The molecule has 0 aliphatic rings. The Bertz CT molecular complexity index is 31.2. The van der Waals surface area contributed by atoms with E-state index in [2.05, 4.69) is 0 Å². The van der Waals surface area contributed by atoms with E-state index in [0.717, 1.165) is 0 Å². The Morgan fingerprint density at radius 2 is 1.71 bits per heavy atom. The van der Waals surface area contributed by atoms with E-state index in [1.54, 1.807) is 0 Å². The molecule has 44 valence electrons. The molecule has 3 heteroatoms. The molecule has 0 aromatic heterocycles. The van der Waals surface area contributed by atoms with Gasteiger partial charge in [-0.15, -0.1) is 0 Å². The molecule has 0 saturated carbocycles. The number of rotatable bonds is 3. The van der Waals surface area contributed by atoms with Crippen molar-refractivity contribution >= 4 is 0 Å². The molecule has 7 heavy (non-hydrogen) atoms. The van der Waals surface area contributed by atoms with E-state index in [1.165, 1.54) is 0 Å². The van der Waals surface area contributed by atoms with Gasteiger partial charge >= 0.3 is 0 Å². The second kappa shape index (κ2) is 3.99. The number of halogens is 2. The van der Waals surface area contributed by atoms with Crippen molar-refractivity contribution in [2.45, 2.75) is 0 Å². The minimum Gasteiger partial charge on any atom is -0.396 e. The van der Waals surface area contributed by atoms with Gasteiger partial charge in [-0.25, -0.2) is 0 Å². The van der Waals surface area contributed by atoms with Crippen LogP contribution in [0.4, 0.5) is 8.78 Å². The molecule has 1 nitrogen and oxygen atoms in total. The minimum absolute atomic E-state index is 0.396. The average molecular weight is 110 g/mol. The van der Waals surface area contributed by atoms with Crippen LogP contribution in [0.25, 0.3) is 0 Å². The summed E-state index contributed by atoms with van der Waals surface area (Å²) >= 11 is 0. The van der Waals surface area contributed by atoms with E-state index in [1.807, 2.05) is 0 Å². The summed E-state index contributed by atoms with van der Waals surface area (Å²) in [5, 5.41) is 8.05. The maximum Gasteiger partial charge on any atom is 0.0969 e. The molecule has 0 bridgehead atoms. The molecule has 0 fully saturated rings. The zero-order chi connectivity index (χ0) is 5.70. The third-order valence-electron chi connectivity index (χ3n) is 0.695. The Morgan fingerprint density at radius 1 is 1.29 bits per heavy atom. The van der Waals surface area contributed by atoms with Crippen LogP contribution in [-0.2, 0) is 0 Å². The van der Waals surface area contributed by atoms with Crippen molar-refractivity contribution in [1.82, 2.24) is 0 Å². The molecule has 0 rings (SSSR count). The molecular weight excluding hydrogens is 102 g/mol. The maximum atomic E-state index is 11.3. The number of hydrogen-bond acceptors (Lipinski definition) is 1. The molecule has 0 spiro atoms. The normalized spacial score (nSPS) is 10.3. The molecule has 0 aliphatic heterocycles. The molecule has 0 heterocycles. The second-order valence-corrected chi connectivity index (χ2v) is 1.36. The van der Waals surface area contributed by atoms with Crippen molar-refractivity contribution in [2.24, 2.45) is 5.92 Å². The van der Waals surface area contributed by atoms with Gasteiger partial charge in [0.2, 0.25) is 0 Å². The van der Waals surface area contributed by atoms with Gasteiger partial charge in [0.15, 0.2) is 0 Å². The highest BCUT2D eigenvalue weighted by atomic mass is 19.1. The van der Waals surface area contributed by atoms with Crippen LogP contribution >= 0.6 is 0 Å². The van der Waals surface area contributed by atoms with Crippen molar-refractivity contribution in [3.63, 3.8) is 0 Å². The zero-order valence-electron chi connectivity index (χ0n) is 3.90. The van der Waals surface area contributed by atoms with Gasteiger partial charge in [-0.05, 0) is 0 Å². The summed E-state index contributed by atoms with van der Waals surface area (Å²) in [6.07, 6.45) is 0. The largest absolute Gasteiger partial charge is 0.396 e. The molecule has 0 aromatic rings.